The van der Waals surface area contributed by atoms with Crippen LogP contribution in [0.5, 0.6) is 0 Å². The third-order valence-electron chi connectivity index (χ3n) is 2.11. The minimum Gasteiger partial charge on any atom is -0.384 e. The fourth-order valence-electron chi connectivity index (χ4n) is 1.43. The van der Waals surface area contributed by atoms with Crippen molar-refractivity contribution in [3.05, 3.63) is 34.8 Å². The minimum atomic E-state index is 0.695. The van der Waals surface area contributed by atoms with Crippen LogP contribution < -0.4 is 0 Å². The molecule has 0 radical (unpaired) electrons. The highest BCUT2D eigenvalue weighted by Crippen LogP contribution is 2.18. The van der Waals surface area contributed by atoms with Crippen molar-refractivity contribution in [1.29, 1.82) is 0 Å². The maximum Gasteiger partial charge on any atom is 0.132 e. The summed E-state index contributed by atoms with van der Waals surface area (Å²) in [6.07, 6.45) is 2.84. The lowest BCUT2D eigenvalue weighted by Crippen LogP contribution is -1.99. The van der Waals surface area contributed by atoms with Gasteiger partial charge in [0.2, 0.25) is 0 Å². The van der Waals surface area contributed by atoms with Crippen LogP contribution in [0.25, 0.3) is 5.52 Å². The van der Waals surface area contributed by atoms with Crippen LogP contribution in [-0.4, -0.2) is 23.1 Å². The van der Waals surface area contributed by atoms with Crippen LogP contribution in [0.1, 0.15) is 5.82 Å². The molecular formula is C10H11BrN2O. The number of ether oxygens (including phenoxy) is 1. The van der Waals surface area contributed by atoms with Crippen molar-refractivity contribution in [1.82, 2.24) is 9.38 Å². The Morgan fingerprint density at radius 2 is 2.36 bits per heavy atom. The number of nitrogens with zero attached hydrogens (tertiary/aromatic N) is 2. The molecule has 0 saturated carbocycles. The van der Waals surface area contributed by atoms with Gasteiger partial charge in [0, 0.05) is 19.7 Å². The molecule has 0 unspecified atom stereocenters. The van der Waals surface area contributed by atoms with E-state index in [-0.39, 0.29) is 0 Å². The van der Waals surface area contributed by atoms with Crippen LogP contribution in [0.15, 0.2) is 29.0 Å². The summed E-state index contributed by atoms with van der Waals surface area (Å²) in [6.45, 7) is 0.695. The van der Waals surface area contributed by atoms with Crippen LogP contribution in [0.2, 0.25) is 0 Å². The van der Waals surface area contributed by atoms with E-state index in [4.69, 9.17) is 4.74 Å². The number of pyridine rings is 1. The normalized spacial score (nSPS) is 11.0. The molecule has 0 saturated heterocycles. The Hall–Kier alpha value is -0.870. The van der Waals surface area contributed by atoms with Gasteiger partial charge in [-0.05, 0) is 28.1 Å². The quantitative estimate of drug-likeness (QED) is 0.841. The molecule has 0 aliphatic carbocycles. The number of aromatic nitrogens is 2. The summed E-state index contributed by atoms with van der Waals surface area (Å²) in [5, 5.41) is 0. The van der Waals surface area contributed by atoms with Gasteiger partial charge in [0.15, 0.2) is 0 Å². The maximum absolute atomic E-state index is 5.04. The Kier molecular flexibility index (Phi) is 2.84. The highest BCUT2D eigenvalue weighted by Gasteiger charge is 2.06. The molecule has 0 aliphatic heterocycles. The van der Waals surface area contributed by atoms with Gasteiger partial charge in [-0.25, -0.2) is 4.98 Å². The largest absolute Gasteiger partial charge is 0.384 e. The van der Waals surface area contributed by atoms with Crippen LogP contribution in [0, 0.1) is 0 Å². The van der Waals surface area contributed by atoms with E-state index >= 15 is 0 Å². The van der Waals surface area contributed by atoms with Crippen molar-refractivity contribution in [3.8, 4) is 0 Å². The molecule has 2 aromatic rings. The summed E-state index contributed by atoms with van der Waals surface area (Å²) < 4.78 is 8.00. The predicted molar refractivity (Wildman–Crippen MR) is 58.5 cm³/mol. The van der Waals surface area contributed by atoms with Gasteiger partial charge in [-0.1, -0.05) is 6.07 Å². The number of halogens is 1. The SMILES string of the molecule is COCCc1nc(Br)c2ccccn12. The molecule has 0 aromatic carbocycles. The van der Waals surface area contributed by atoms with E-state index in [0.717, 1.165) is 22.4 Å². The molecule has 3 nitrogen and oxygen atoms in total. The Morgan fingerprint density at radius 3 is 3.14 bits per heavy atom. The van der Waals surface area contributed by atoms with Crippen molar-refractivity contribution < 1.29 is 4.74 Å². The van der Waals surface area contributed by atoms with Crippen LogP contribution >= 0.6 is 15.9 Å². The number of rotatable bonds is 3. The van der Waals surface area contributed by atoms with Crippen molar-refractivity contribution in [2.24, 2.45) is 0 Å². The zero-order chi connectivity index (χ0) is 9.97. The van der Waals surface area contributed by atoms with Gasteiger partial charge >= 0.3 is 0 Å². The van der Waals surface area contributed by atoms with Crippen molar-refractivity contribution >= 4 is 21.4 Å². The predicted octanol–water partition coefficient (Wildman–Crippen LogP) is 2.29. The monoisotopic (exact) mass is 254 g/mol. The topological polar surface area (TPSA) is 26.5 Å². The van der Waals surface area contributed by atoms with Crippen LogP contribution in [-0.2, 0) is 11.2 Å². The second-order valence-corrected chi connectivity index (χ2v) is 3.77. The highest BCUT2D eigenvalue weighted by molar-refractivity contribution is 9.10. The molecule has 0 spiro atoms. The summed E-state index contributed by atoms with van der Waals surface area (Å²) in [5.41, 5.74) is 1.10. The second-order valence-electron chi connectivity index (χ2n) is 3.02. The van der Waals surface area contributed by atoms with E-state index in [2.05, 4.69) is 25.3 Å². The van der Waals surface area contributed by atoms with E-state index in [1.54, 1.807) is 7.11 Å². The summed E-state index contributed by atoms with van der Waals surface area (Å²) in [4.78, 5) is 4.43. The van der Waals surface area contributed by atoms with E-state index in [1.165, 1.54) is 0 Å². The second kappa shape index (κ2) is 4.11. The first-order valence-corrected chi connectivity index (χ1v) is 5.22. The van der Waals surface area contributed by atoms with E-state index in [1.807, 2.05) is 24.4 Å². The third kappa shape index (κ3) is 1.67. The van der Waals surface area contributed by atoms with E-state index in [9.17, 15) is 0 Å². The molecule has 0 N–H and O–H groups in total. The number of fused-ring (bicyclic) bond motifs is 1. The summed E-state index contributed by atoms with van der Waals surface area (Å²) in [6, 6.07) is 6.03. The van der Waals surface area contributed by atoms with E-state index < -0.39 is 0 Å². The first kappa shape index (κ1) is 9.68. The van der Waals surface area contributed by atoms with Gasteiger partial charge in [0.25, 0.3) is 0 Å². The van der Waals surface area contributed by atoms with Crippen LogP contribution in [0.4, 0.5) is 0 Å². The zero-order valence-corrected chi connectivity index (χ0v) is 9.49. The fraction of sp³-hybridized carbons (Fsp3) is 0.300. The number of hydrogen-bond acceptors (Lipinski definition) is 2. The molecule has 74 valence electrons. The number of hydrogen-bond donors (Lipinski definition) is 0. The standard InChI is InChI=1S/C10H11BrN2O/c1-14-7-5-9-12-10(11)8-4-2-3-6-13(8)9/h2-4,6H,5,7H2,1H3. The summed E-state index contributed by atoms with van der Waals surface area (Å²) >= 11 is 3.44. The van der Waals surface area contributed by atoms with Crippen molar-refractivity contribution in [2.45, 2.75) is 6.42 Å². The zero-order valence-electron chi connectivity index (χ0n) is 7.90. The van der Waals surface area contributed by atoms with Crippen molar-refractivity contribution in [2.75, 3.05) is 13.7 Å². The first-order chi connectivity index (χ1) is 6.83. The Morgan fingerprint density at radius 1 is 1.50 bits per heavy atom. The van der Waals surface area contributed by atoms with Gasteiger partial charge < -0.3 is 9.14 Å². The molecule has 2 aromatic heterocycles. The summed E-state index contributed by atoms with van der Waals surface area (Å²) in [5.74, 6) is 1.02. The molecule has 2 heterocycles. The third-order valence-corrected chi connectivity index (χ3v) is 2.69. The average molecular weight is 255 g/mol. The van der Waals surface area contributed by atoms with Gasteiger partial charge in [-0.3, -0.25) is 0 Å². The summed E-state index contributed by atoms with van der Waals surface area (Å²) in [7, 11) is 1.70. The molecule has 14 heavy (non-hydrogen) atoms. The minimum absolute atomic E-state index is 0.695. The molecule has 0 amide bonds. The van der Waals surface area contributed by atoms with Gasteiger partial charge in [-0.2, -0.15) is 0 Å². The van der Waals surface area contributed by atoms with Gasteiger partial charge in [-0.15, -0.1) is 0 Å². The molecule has 0 atom stereocenters. The lowest BCUT2D eigenvalue weighted by molar-refractivity contribution is 0.200. The molecule has 0 bridgehead atoms. The highest BCUT2D eigenvalue weighted by atomic mass is 79.9. The molecular weight excluding hydrogens is 244 g/mol. The van der Waals surface area contributed by atoms with Gasteiger partial charge in [0.1, 0.15) is 10.4 Å². The maximum atomic E-state index is 5.04. The molecule has 2 rings (SSSR count). The lowest BCUT2D eigenvalue weighted by atomic mass is 10.4. The Labute approximate surface area is 90.8 Å². The Bertz CT molecular complexity index is 439. The molecule has 4 heteroatoms. The lowest BCUT2D eigenvalue weighted by Gasteiger charge is -1.99. The average Bonchev–Trinajstić information content (AvgIpc) is 2.54. The molecule has 0 aliphatic rings. The van der Waals surface area contributed by atoms with E-state index in [0.29, 0.717) is 6.61 Å². The fourth-order valence-corrected chi connectivity index (χ4v) is 1.96. The van der Waals surface area contributed by atoms with Gasteiger partial charge in [0.05, 0.1) is 12.1 Å². The van der Waals surface area contributed by atoms with Crippen molar-refractivity contribution in [3.63, 3.8) is 0 Å². The Balaban J connectivity index is 2.44. The smallest absolute Gasteiger partial charge is 0.132 e. The van der Waals surface area contributed by atoms with Crippen LogP contribution in [0.3, 0.4) is 0 Å². The first-order valence-electron chi connectivity index (χ1n) is 4.43. The number of methoxy groups -OCH3 is 1. The molecule has 0 fully saturated rings. The number of imidazole rings is 1.